The van der Waals surface area contributed by atoms with E-state index >= 15 is 0 Å². The molecule has 3 unspecified atom stereocenters. The van der Waals surface area contributed by atoms with Crippen molar-refractivity contribution in [2.24, 2.45) is 5.73 Å². The number of carbonyl (C=O) groups is 2. The van der Waals surface area contributed by atoms with Crippen molar-refractivity contribution >= 4 is 33.5 Å². The first kappa shape index (κ1) is 20.5. The Morgan fingerprint density at radius 3 is 2.33 bits per heavy atom. The Bertz CT molecular complexity index is 320. The van der Waals surface area contributed by atoms with Gasteiger partial charge in [0.2, 0.25) is 0 Å². The number of aliphatic carboxylic acids is 2. The molecule has 0 radical (unpaired) electrons. The van der Waals surface area contributed by atoms with Crippen LogP contribution < -0.4 is 11.1 Å². The lowest BCUT2D eigenvalue weighted by atomic mass is 10.1. The van der Waals surface area contributed by atoms with Gasteiger partial charge in [-0.15, -0.1) is 0 Å². The fraction of sp³-hybridized carbons (Fsp3) is 0.833. The van der Waals surface area contributed by atoms with Crippen molar-refractivity contribution in [3.05, 3.63) is 0 Å². The molecule has 9 heteroatoms. The zero-order valence-corrected chi connectivity index (χ0v) is 13.7. The van der Waals surface area contributed by atoms with Gasteiger partial charge in [-0.25, -0.2) is 0 Å². The molecule has 7 nitrogen and oxygen atoms in total. The normalized spacial score (nSPS) is 15.4. The van der Waals surface area contributed by atoms with E-state index in [0.717, 1.165) is 0 Å². The molecule has 0 aliphatic heterocycles. The van der Waals surface area contributed by atoms with Gasteiger partial charge in [-0.2, -0.15) is 0 Å². The predicted molar refractivity (Wildman–Crippen MR) is 85.5 cm³/mol. The second-order valence-electron chi connectivity index (χ2n) is 4.56. The number of hydrogen-bond donors (Lipinski definition) is 5. The molecule has 6 N–H and O–H groups in total. The molecule has 0 amide bonds. The molecule has 3 atom stereocenters. The summed E-state index contributed by atoms with van der Waals surface area (Å²) in [5, 5.41) is 30.0. The van der Waals surface area contributed by atoms with Gasteiger partial charge in [0.05, 0.1) is 6.10 Å². The van der Waals surface area contributed by atoms with Crippen molar-refractivity contribution in [2.45, 2.75) is 44.4 Å². The first-order valence-corrected chi connectivity index (χ1v) is 9.24. The van der Waals surface area contributed by atoms with E-state index < -0.39 is 24.0 Å². The maximum Gasteiger partial charge on any atom is 0.321 e. The first-order valence-electron chi connectivity index (χ1n) is 6.75. The third-order valence-electron chi connectivity index (χ3n) is 2.76. The maximum atomic E-state index is 11.1. The Balaban J connectivity index is 3.82. The second kappa shape index (κ2) is 12.1. The lowest BCUT2D eigenvalue weighted by molar-refractivity contribution is -0.139. The highest BCUT2D eigenvalue weighted by molar-refractivity contribution is 8.76. The summed E-state index contributed by atoms with van der Waals surface area (Å²) in [6.07, 6.45) is 1.71. The highest BCUT2D eigenvalue weighted by Crippen LogP contribution is 2.22. The van der Waals surface area contributed by atoms with E-state index in [1.54, 1.807) is 0 Å². The van der Waals surface area contributed by atoms with Gasteiger partial charge >= 0.3 is 11.9 Å². The number of nitrogens with two attached hydrogens (primary N) is 1. The van der Waals surface area contributed by atoms with E-state index in [2.05, 4.69) is 5.32 Å². The molecule has 0 fully saturated rings. The molecule has 124 valence electrons. The number of rotatable bonds is 13. The lowest BCUT2D eigenvalue weighted by Gasteiger charge is -2.15. The molecule has 0 heterocycles. The molecular weight excluding hydrogens is 316 g/mol. The van der Waals surface area contributed by atoms with Crippen LogP contribution in [0, 0.1) is 0 Å². The summed E-state index contributed by atoms with van der Waals surface area (Å²) in [6, 6.07) is -1.63. The largest absolute Gasteiger partial charge is 0.480 e. The number of nitrogens with one attached hydrogen (secondary N) is 1. The van der Waals surface area contributed by atoms with Crippen molar-refractivity contribution in [2.75, 3.05) is 18.1 Å². The van der Waals surface area contributed by atoms with E-state index in [0.29, 0.717) is 31.6 Å². The molecule has 0 aliphatic carbocycles. The molecule has 0 aromatic rings. The summed E-state index contributed by atoms with van der Waals surface area (Å²) in [6.45, 7) is 2.42. The summed E-state index contributed by atoms with van der Waals surface area (Å²) < 4.78 is 0. The van der Waals surface area contributed by atoms with E-state index in [9.17, 15) is 14.7 Å². The zero-order chi connectivity index (χ0) is 16.3. The Hall–Kier alpha value is -0.480. The molecule has 0 saturated heterocycles. The van der Waals surface area contributed by atoms with Crippen LogP contribution in [0.5, 0.6) is 0 Å². The standard InChI is InChI=1S/C12H24N2O5S2/c1-2-8(15)4-3-5-14-10(12(18)19)7-21-20-6-9(13)11(16)17/h8-10,14-15H,2-7,13H2,1H3,(H,16,17)(H,18,19). The van der Waals surface area contributed by atoms with Crippen molar-refractivity contribution in [1.29, 1.82) is 0 Å². The molecular formula is C12H24N2O5S2. The van der Waals surface area contributed by atoms with Gasteiger partial charge in [0.25, 0.3) is 0 Å². The summed E-state index contributed by atoms with van der Waals surface area (Å²) in [5.74, 6) is -1.45. The Morgan fingerprint density at radius 2 is 1.81 bits per heavy atom. The number of carboxylic acid groups (broad SMARTS) is 2. The van der Waals surface area contributed by atoms with E-state index in [-0.39, 0.29) is 11.9 Å². The summed E-state index contributed by atoms with van der Waals surface area (Å²) >= 11 is 0. The Morgan fingerprint density at radius 1 is 1.19 bits per heavy atom. The van der Waals surface area contributed by atoms with Crippen LogP contribution in [0.3, 0.4) is 0 Å². The minimum absolute atomic E-state index is 0.231. The highest BCUT2D eigenvalue weighted by Gasteiger charge is 2.18. The average molecular weight is 340 g/mol. The van der Waals surface area contributed by atoms with Gasteiger partial charge in [0, 0.05) is 11.5 Å². The molecule has 21 heavy (non-hydrogen) atoms. The van der Waals surface area contributed by atoms with Gasteiger partial charge in [-0.05, 0) is 25.8 Å². The van der Waals surface area contributed by atoms with Gasteiger partial charge in [-0.3, -0.25) is 9.59 Å². The van der Waals surface area contributed by atoms with Gasteiger partial charge in [-0.1, -0.05) is 28.5 Å². The Kier molecular flexibility index (Phi) is 11.8. The van der Waals surface area contributed by atoms with Crippen LogP contribution >= 0.6 is 21.6 Å². The predicted octanol–water partition coefficient (Wildman–Crippen LogP) is 0.374. The minimum Gasteiger partial charge on any atom is -0.480 e. The molecule has 0 bridgehead atoms. The summed E-state index contributed by atoms with van der Waals surface area (Å²) in [7, 11) is 2.54. The highest BCUT2D eigenvalue weighted by atomic mass is 33.1. The summed E-state index contributed by atoms with van der Waals surface area (Å²) in [4.78, 5) is 21.6. The summed E-state index contributed by atoms with van der Waals surface area (Å²) in [5.41, 5.74) is 5.34. The number of aliphatic hydroxyl groups is 1. The smallest absolute Gasteiger partial charge is 0.321 e. The molecule has 0 aromatic carbocycles. The van der Waals surface area contributed by atoms with E-state index in [1.165, 1.54) is 21.6 Å². The van der Waals surface area contributed by atoms with Crippen LogP contribution in [0.15, 0.2) is 0 Å². The number of aliphatic hydroxyl groups excluding tert-OH is 1. The second-order valence-corrected chi connectivity index (χ2v) is 7.12. The molecule has 0 rings (SSSR count). The van der Waals surface area contributed by atoms with Crippen LogP contribution in [0.2, 0.25) is 0 Å². The first-order chi connectivity index (χ1) is 9.88. The van der Waals surface area contributed by atoms with Crippen LogP contribution in [-0.4, -0.2) is 63.5 Å². The molecule has 0 aromatic heterocycles. The van der Waals surface area contributed by atoms with Crippen LogP contribution in [0.4, 0.5) is 0 Å². The van der Waals surface area contributed by atoms with E-state index in [4.69, 9.17) is 15.9 Å². The van der Waals surface area contributed by atoms with Crippen molar-refractivity contribution < 1.29 is 24.9 Å². The maximum absolute atomic E-state index is 11.1. The average Bonchev–Trinajstić information content (AvgIpc) is 2.44. The van der Waals surface area contributed by atoms with E-state index in [1.807, 2.05) is 6.92 Å². The van der Waals surface area contributed by atoms with Crippen molar-refractivity contribution in [3.8, 4) is 0 Å². The van der Waals surface area contributed by atoms with Gasteiger partial charge in [0.1, 0.15) is 12.1 Å². The van der Waals surface area contributed by atoms with Crippen LogP contribution in [0.1, 0.15) is 26.2 Å². The third kappa shape index (κ3) is 10.8. The SMILES string of the molecule is CCC(O)CCCNC(CSSCC(N)C(=O)O)C(=O)O. The molecule has 0 spiro atoms. The van der Waals surface area contributed by atoms with Crippen LogP contribution in [-0.2, 0) is 9.59 Å². The fourth-order valence-electron chi connectivity index (χ4n) is 1.34. The monoisotopic (exact) mass is 340 g/mol. The van der Waals surface area contributed by atoms with Gasteiger partial charge < -0.3 is 26.4 Å². The quantitative estimate of drug-likeness (QED) is 0.238. The Labute approximate surface area is 132 Å². The van der Waals surface area contributed by atoms with Crippen LogP contribution in [0.25, 0.3) is 0 Å². The third-order valence-corrected chi connectivity index (χ3v) is 5.20. The molecule has 0 aliphatic rings. The number of hydrogen-bond acceptors (Lipinski definition) is 7. The minimum atomic E-state index is -1.06. The zero-order valence-electron chi connectivity index (χ0n) is 12.0. The van der Waals surface area contributed by atoms with Crippen molar-refractivity contribution in [3.63, 3.8) is 0 Å². The number of carboxylic acids is 2. The lowest BCUT2D eigenvalue weighted by Crippen LogP contribution is -2.39. The fourth-order valence-corrected chi connectivity index (χ4v) is 3.65. The topological polar surface area (TPSA) is 133 Å². The van der Waals surface area contributed by atoms with Crippen molar-refractivity contribution in [1.82, 2.24) is 5.32 Å². The molecule has 0 saturated carbocycles. The van der Waals surface area contributed by atoms with Gasteiger partial charge in [0.15, 0.2) is 0 Å².